The summed E-state index contributed by atoms with van der Waals surface area (Å²) in [5.41, 5.74) is 0. The Kier molecular flexibility index (Phi) is 5.15. The van der Waals surface area contributed by atoms with Crippen molar-refractivity contribution in [1.29, 1.82) is 0 Å². The van der Waals surface area contributed by atoms with Gasteiger partial charge in [-0.1, -0.05) is 19.4 Å². The number of unbranched alkanes of at least 4 members (excludes halogenated alkanes) is 1. The maximum Gasteiger partial charge on any atom is 0.184 e. The molecule has 0 aromatic carbocycles. The van der Waals surface area contributed by atoms with E-state index in [2.05, 4.69) is 13.5 Å². The maximum atomic E-state index is 5.68. The topological polar surface area (TPSA) is 27.7 Å². The molecule has 1 aliphatic rings. The summed E-state index contributed by atoms with van der Waals surface area (Å²) >= 11 is 0. The summed E-state index contributed by atoms with van der Waals surface area (Å²) < 4.78 is 16.4. The Morgan fingerprint density at radius 1 is 1.57 bits per heavy atom. The zero-order valence-corrected chi connectivity index (χ0v) is 9.07. The first-order valence-corrected chi connectivity index (χ1v) is 5.24. The lowest BCUT2D eigenvalue weighted by Crippen LogP contribution is -2.26. The van der Waals surface area contributed by atoms with Crippen LogP contribution in [-0.4, -0.2) is 32.2 Å². The van der Waals surface area contributed by atoms with Crippen LogP contribution in [-0.2, 0) is 14.2 Å². The molecule has 1 aliphatic heterocycles. The summed E-state index contributed by atoms with van der Waals surface area (Å²) in [7, 11) is 1.65. The molecule has 0 saturated carbocycles. The predicted octanol–water partition coefficient (Wildman–Crippen LogP) is 2.12. The van der Waals surface area contributed by atoms with Gasteiger partial charge in [0.2, 0.25) is 0 Å². The number of ether oxygens (including phenoxy) is 3. The second-order valence-corrected chi connectivity index (χ2v) is 3.51. The molecule has 0 aromatic rings. The molecular weight excluding hydrogens is 180 g/mol. The molecule has 3 nitrogen and oxygen atoms in total. The summed E-state index contributed by atoms with van der Waals surface area (Å²) in [6.45, 7) is 6.64. The lowest BCUT2D eigenvalue weighted by molar-refractivity contribution is -0.155. The van der Waals surface area contributed by atoms with Gasteiger partial charge in [-0.2, -0.15) is 0 Å². The SMILES string of the molecule is C=C[C@@H]1C[C@@H](OCCCC)C(OC)O1. The average molecular weight is 200 g/mol. The van der Waals surface area contributed by atoms with Gasteiger partial charge in [0, 0.05) is 20.1 Å². The molecule has 1 rings (SSSR count). The molecular formula is C11H20O3. The van der Waals surface area contributed by atoms with Gasteiger partial charge in [-0.15, -0.1) is 6.58 Å². The first-order chi connectivity index (χ1) is 6.81. The highest BCUT2D eigenvalue weighted by Gasteiger charge is 2.34. The molecule has 1 heterocycles. The minimum absolute atomic E-state index is 0.0644. The Bertz CT molecular complexity index is 170. The van der Waals surface area contributed by atoms with E-state index in [1.54, 1.807) is 13.2 Å². The molecule has 0 aromatic heterocycles. The van der Waals surface area contributed by atoms with Crippen LogP contribution in [0.2, 0.25) is 0 Å². The Morgan fingerprint density at radius 2 is 2.36 bits per heavy atom. The highest BCUT2D eigenvalue weighted by molar-refractivity contribution is 4.89. The molecule has 0 spiro atoms. The van der Waals surface area contributed by atoms with Crippen LogP contribution in [0.1, 0.15) is 26.2 Å². The fraction of sp³-hybridized carbons (Fsp3) is 0.818. The summed E-state index contributed by atoms with van der Waals surface area (Å²) in [5.74, 6) is 0. The van der Waals surface area contributed by atoms with Crippen molar-refractivity contribution >= 4 is 0 Å². The van der Waals surface area contributed by atoms with Gasteiger partial charge in [0.05, 0.1) is 6.10 Å². The second kappa shape index (κ2) is 6.17. The van der Waals surface area contributed by atoms with Crippen molar-refractivity contribution in [2.24, 2.45) is 0 Å². The smallest absolute Gasteiger partial charge is 0.184 e. The number of rotatable bonds is 6. The summed E-state index contributed by atoms with van der Waals surface area (Å²) in [4.78, 5) is 0. The quantitative estimate of drug-likeness (QED) is 0.485. The Hall–Kier alpha value is -0.380. The maximum absolute atomic E-state index is 5.68. The first-order valence-electron chi connectivity index (χ1n) is 5.24. The van der Waals surface area contributed by atoms with Crippen LogP contribution in [0.3, 0.4) is 0 Å². The van der Waals surface area contributed by atoms with Gasteiger partial charge in [-0.05, 0) is 6.42 Å². The van der Waals surface area contributed by atoms with Crippen molar-refractivity contribution in [2.75, 3.05) is 13.7 Å². The van der Waals surface area contributed by atoms with E-state index in [0.717, 1.165) is 25.9 Å². The zero-order chi connectivity index (χ0) is 10.4. The summed E-state index contributed by atoms with van der Waals surface area (Å²) in [6.07, 6.45) is 4.80. The molecule has 82 valence electrons. The third-order valence-electron chi connectivity index (χ3n) is 2.40. The fourth-order valence-electron chi connectivity index (χ4n) is 1.54. The molecule has 0 bridgehead atoms. The molecule has 0 N–H and O–H groups in total. The van der Waals surface area contributed by atoms with E-state index in [-0.39, 0.29) is 18.5 Å². The molecule has 14 heavy (non-hydrogen) atoms. The second-order valence-electron chi connectivity index (χ2n) is 3.51. The molecule has 3 heteroatoms. The van der Waals surface area contributed by atoms with Gasteiger partial charge >= 0.3 is 0 Å². The van der Waals surface area contributed by atoms with Crippen molar-refractivity contribution in [3.05, 3.63) is 12.7 Å². The Morgan fingerprint density at radius 3 is 2.93 bits per heavy atom. The summed E-state index contributed by atoms with van der Waals surface area (Å²) in [5, 5.41) is 0. The highest BCUT2D eigenvalue weighted by atomic mass is 16.7. The van der Waals surface area contributed by atoms with Gasteiger partial charge < -0.3 is 14.2 Å². The third kappa shape index (κ3) is 3.08. The third-order valence-corrected chi connectivity index (χ3v) is 2.40. The standard InChI is InChI=1S/C11H20O3/c1-4-6-7-13-10-8-9(5-2)14-11(10)12-3/h5,9-11H,2,4,6-8H2,1,3H3/t9-,10-,11?/m1/s1. The van der Waals surface area contributed by atoms with E-state index in [4.69, 9.17) is 14.2 Å². The van der Waals surface area contributed by atoms with Crippen molar-refractivity contribution in [3.8, 4) is 0 Å². The molecule has 0 amide bonds. The summed E-state index contributed by atoms with van der Waals surface area (Å²) in [6, 6.07) is 0. The van der Waals surface area contributed by atoms with Crippen molar-refractivity contribution in [2.45, 2.75) is 44.7 Å². The fourth-order valence-corrected chi connectivity index (χ4v) is 1.54. The van der Waals surface area contributed by atoms with Crippen molar-refractivity contribution in [3.63, 3.8) is 0 Å². The van der Waals surface area contributed by atoms with Crippen LogP contribution < -0.4 is 0 Å². The van der Waals surface area contributed by atoms with Crippen molar-refractivity contribution in [1.82, 2.24) is 0 Å². The highest BCUT2D eigenvalue weighted by Crippen LogP contribution is 2.24. The monoisotopic (exact) mass is 200 g/mol. The lowest BCUT2D eigenvalue weighted by Gasteiger charge is -2.16. The average Bonchev–Trinajstić information content (AvgIpc) is 2.61. The van der Waals surface area contributed by atoms with E-state index in [1.807, 2.05) is 0 Å². The molecule has 1 saturated heterocycles. The van der Waals surface area contributed by atoms with E-state index in [0.29, 0.717) is 0 Å². The van der Waals surface area contributed by atoms with E-state index in [9.17, 15) is 0 Å². The molecule has 1 unspecified atom stereocenters. The van der Waals surface area contributed by atoms with E-state index in [1.165, 1.54) is 0 Å². The van der Waals surface area contributed by atoms with Crippen molar-refractivity contribution < 1.29 is 14.2 Å². The molecule has 0 radical (unpaired) electrons. The number of methoxy groups -OCH3 is 1. The molecule has 3 atom stereocenters. The number of hydrogen-bond donors (Lipinski definition) is 0. The van der Waals surface area contributed by atoms with Gasteiger partial charge in [-0.3, -0.25) is 0 Å². The largest absolute Gasteiger partial charge is 0.373 e. The van der Waals surface area contributed by atoms with E-state index < -0.39 is 0 Å². The van der Waals surface area contributed by atoms with Crippen LogP contribution in [0.5, 0.6) is 0 Å². The Labute approximate surface area is 86.0 Å². The van der Waals surface area contributed by atoms with E-state index >= 15 is 0 Å². The van der Waals surface area contributed by atoms with Crippen LogP contribution >= 0.6 is 0 Å². The normalized spacial score (nSPS) is 32.0. The van der Waals surface area contributed by atoms with Crippen LogP contribution in [0.15, 0.2) is 12.7 Å². The van der Waals surface area contributed by atoms with Gasteiger partial charge in [0.1, 0.15) is 6.10 Å². The zero-order valence-electron chi connectivity index (χ0n) is 9.07. The van der Waals surface area contributed by atoms with Gasteiger partial charge in [0.25, 0.3) is 0 Å². The first kappa shape index (κ1) is 11.7. The minimum Gasteiger partial charge on any atom is -0.373 e. The van der Waals surface area contributed by atoms with Crippen LogP contribution in [0, 0.1) is 0 Å². The van der Waals surface area contributed by atoms with Crippen LogP contribution in [0.4, 0.5) is 0 Å². The van der Waals surface area contributed by atoms with Gasteiger partial charge in [-0.25, -0.2) is 0 Å². The van der Waals surface area contributed by atoms with Gasteiger partial charge in [0.15, 0.2) is 6.29 Å². The predicted molar refractivity (Wildman–Crippen MR) is 55.1 cm³/mol. The molecule has 1 fully saturated rings. The Balaban J connectivity index is 2.30. The molecule has 0 aliphatic carbocycles. The minimum atomic E-state index is -0.227. The van der Waals surface area contributed by atoms with Crippen LogP contribution in [0.25, 0.3) is 0 Å². The lowest BCUT2D eigenvalue weighted by atomic mass is 10.2. The number of hydrogen-bond acceptors (Lipinski definition) is 3.